The van der Waals surface area contributed by atoms with Gasteiger partial charge in [-0.2, -0.15) is 0 Å². The average molecular weight is 675 g/mol. The van der Waals surface area contributed by atoms with Gasteiger partial charge in [-0.25, -0.2) is 56.2 Å². The molecule has 2 heterocycles. The fourth-order valence-corrected chi connectivity index (χ4v) is 4.16. The number of carbonyl (C=O) groups excluding carboxylic acids is 3. The van der Waals surface area contributed by atoms with E-state index in [1.54, 1.807) is 0 Å². The Kier molecular flexibility index (Phi) is 14.9. The molecule has 3 N–H and O–H groups in total. The minimum atomic E-state index is -1.17. The highest BCUT2D eigenvalue weighted by Gasteiger charge is 2.20. The number of ether oxygens (including phenoxy) is 3. The first-order chi connectivity index (χ1) is 22.3. The van der Waals surface area contributed by atoms with Crippen molar-refractivity contribution in [1.29, 1.82) is 0 Å². The Balaban J connectivity index is 2.25. The molecule has 0 aliphatic heterocycles. The molecule has 0 saturated carbocycles. The number of methoxy groups -OCH3 is 1. The van der Waals surface area contributed by atoms with Crippen molar-refractivity contribution in [1.82, 2.24) is 27.4 Å². The quantitative estimate of drug-likeness (QED) is 0.0926. The number of aliphatic hydroxyl groups is 3. The molecule has 0 fully saturated rings. The van der Waals surface area contributed by atoms with Crippen molar-refractivity contribution in [2.24, 2.45) is 0 Å². The van der Waals surface area contributed by atoms with Gasteiger partial charge in [-0.15, -0.1) is 0 Å². The van der Waals surface area contributed by atoms with Crippen LogP contribution in [0.3, 0.4) is 0 Å². The topological polar surface area (TPSA) is 272 Å². The highest BCUT2D eigenvalue weighted by atomic mass is 16.5. The van der Waals surface area contributed by atoms with Crippen LogP contribution in [0.25, 0.3) is 0 Å². The van der Waals surface area contributed by atoms with Crippen LogP contribution in [-0.2, 0) is 67.9 Å². The molecule has 1 unspecified atom stereocenters. The zero-order chi connectivity index (χ0) is 35.3. The Morgan fingerprint density at radius 1 is 0.553 bits per heavy atom. The lowest BCUT2D eigenvalue weighted by Crippen LogP contribution is -2.55. The predicted octanol–water partition coefficient (Wildman–Crippen LogP) is -5.46. The predicted molar refractivity (Wildman–Crippen MR) is 157 cm³/mol. The van der Waals surface area contributed by atoms with Crippen LogP contribution >= 0.6 is 0 Å². The third-order valence-corrected chi connectivity index (χ3v) is 6.64. The zero-order valence-electron chi connectivity index (χ0n) is 25.9. The monoisotopic (exact) mass is 674 g/mol. The number of aliphatic hydroxyl groups excluding tert-OH is 3. The SMILES string of the molecule is COC(=O)CCn1c(=O)n(CCC(=O)OCCC(C)O)c(=O)n(CCC(=O)OCCn2c(=O)n(CCO)c(=O)n(CCO)c2=O)c1=O. The van der Waals surface area contributed by atoms with E-state index >= 15 is 0 Å². The van der Waals surface area contributed by atoms with Gasteiger partial charge in [-0.05, 0) is 6.92 Å². The number of hydrogen-bond acceptors (Lipinski definition) is 15. The van der Waals surface area contributed by atoms with Gasteiger partial charge in [0.2, 0.25) is 0 Å². The molecule has 47 heavy (non-hydrogen) atoms. The molecule has 2 aromatic heterocycles. The molecule has 2 rings (SSSR count). The second kappa shape index (κ2) is 18.3. The highest BCUT2D eigenvalue weighted by molar-refractivity contribution is 5.69. The van der Waals surface area contributed by atoms with Crippen molar-refractivity contribution < 1.29 is 43.9 Å². The Bertz CT molecular complexity index is 1730. The van der Waals surface area contributed by atoms with E-state index in [1.165, 1.54) is 6.92 Å². The first kappa shape index (κ1) is 38.3. The van der Waals surface area contributed by atoms with E-state index in [0.29, 0.717) is 27.4 Å². The molecule has 21 heteroatoms. The van der Waals surface area contributed by atoms with Crippen LogP contribution in [0.2, 0.25) is 0 Å². The number of aromatic nitrogens is 6. The summed E-state index contributed by atoms with van der Waals surface area (Å²) in [6.07, 6.45) is -2.07. The maximum absolute atomic E-state index is 13.1. The van der Waals surface area contributed by atoms with Gasteiger partial charge in [0.05, 0.1) is 71.9 Å². The van der Waals surface area contributed by atoms with Crippen molar-refractivity contribution in [3.63, 3.8) is 0 Å². The first-order valence-electron chi connectivity index (χ1n) is 14.5. The van der Waals surface area contributed by atoms with Gasteiger partial charge in [0, 0.05) is 26.1 Å². The van der Waals surface area contributed by atoms with Crippen LogP contribution in [0.1, 0.15) is 32.6 Å². The number of carbonyl (C=O) groups is 3. The van der Waals surface area contributed by atoms with Crippen LogP contribution in [0.4, 0.5) is 0 Å². The van der Waals surface area contributed by atoms with Gasteiger partial charge >= 0.3 is 52.0 Å². The molecule has 0 aliphatic rings. The van der Waals surface area contributed by atoms with Gasteiger partial charge in [-0.1, -0.05) is 0 Å². The summed E-state index contributed by atoms with van der Waals surface area (Å²) in [5, 5.41) is 27.6. The summed E-state index contributed by atoms with van der Waals surface area (Å²) in [6, 6.07) is 0. The lowest BCUT2D eigenvalue weighted by Gasteiger charge is -2.14. The van der Waals surface area contributed by atoms with Crippen LogP contribution in [0, 0.1) is 0 Å². The smallest absolute Gasteiger partial charge is 0.336 e. The molecule has 0 saturated heterocycles. The molecular formula is C26H38N6O15. The zero-order valence-corrected chi connectivity index (χ0v) is 25.9. The highest BCUT2D eigenvalue weighted by Crippen LogP contribution is 1.96. The summed E-state index contributed by atoms with van der Waals surface area (Å²) in [5.41, 5.74) is -6.68. The van der Waals surface area contributed by atoms with E-state index in [2.05, 4.69) is 4.74 Å². The van der Waals surface area contributed by atoms with Crippen molar-refractivity contribution in [3.8, 4) is 0 Å². The molecule has 262 valence electrons. The standard InChI is InChI=1S/C26H38N6O15/c1-17(35)6-15-46-19(37)4-8-28-21(39)27(7-3-18(36)45-2)22(40)29(23(28)41)9-5-20(38)47-16-12-32-25(43)30(10-13-33)24(42)31(11-14-34)26(32)44/h17,33-35H,3-16H2,1-2H3. The van der Waals surface area contributed by atoms with Crippen LogP contribution < -0.4 is 34.1 Å². The van der Waals surface area contributed by atoms with E-state index < -0.39 is 137 Å². The van der Waals surface area contributed by atoms with Crippen molar-refractivity contribution in [3.05, 3.63) is 62.9 Å². The third-order valence-electron chi connectivity index (χ3n) is 6.64. The van der Waals surface area contributed by atoms with Crippen LogP contribution in [-0.4, -0.2) is 100 Å². The summed E-state index contributed by atoms with van der Waals surface area (Å²) in [6.45, 7) is -3.44. The van der Waals surface area contributed by atoms with E-state index in [9.17, 15) is 58.5 Å². The fourth-order valence-electron chi connectivity index (χ4n) is 4.16. The average Bonchev–Trinajstić information content (AvgIpc) is 3.02. The summed E-state index contributed by atoms with van der Waals surface area (Å²) < 4.78 is 17.9. The van der Waals surface area contributed by atoms with E-state index in [0.717, 1.165) is 7.11 Å². The van der Waals surface area contributed by atoms with Crippen molar-refractivity contribution >= 4 is 17.9 Å². The minimum Gasteiger partial charge on any atom is -0.469 e. The number of nitrogens with zero attached hydrogens (tertiary/aromatic N) is 6. The summed E-state index contributed by atoms with van der Waals surface area (Å²) >= 11 is 0. The second-order valence-corrected chi connectivity index (χ2v) is 9.96. The van der Waals surface area contributed by atoms with Crippen LogP contribution in [0.5, 0.6) is 0 Å². The lowest BCUT2D eigenvalue weighted by molar-refractivity contribution is -0.145. The molecule has 0 aromatic carbocycles. The maximum Gasteiger partial charge on any atom is 0.336 e. The fraction of sp³-hybridized carbons (Fsp3) is 0.654. The summed E-state index contributed by atoms with van der Waals surface area (Å²) in [7, 11) is 1.09. The lowest BCUT2D eigenvalue weighted by atomic mass is 10.3. The Morgan fingerprint density at radius 2 is 0.872 bits per heavy atom. The summed E-state index contributed by atoms with van der Waals surface area (Å²) in [4.78, 5) is 113. The van der Waals surface area contributed by atoms with E-state index in [-0.39, 0.29) is 13.0 Å². The van der Waals surface area contributed by atoms with E-state index in [1.807, 2.05) is 0 Å². The van der Waals surface area contributed by atoms with Gasteiger partial charge < -0.3 is 29.5 Å². The van der Waals surface area contributed by atoms with Crippen LogP contribution in [0.15, 0.2) is 28.8 Å². The molecule has 0 radical (unpaired) electrons. The normalized spacial score (nSPS) is 11.7. The Morgan fingerprint density at radius 3 is 1.21 bits per heavy atom. The van der Waals surface area contributed by atoms with E-state index in [4.69, 9.17) is 9.47 Å². The summed E-state index contributed by atoms with van der Waals surface area (Å²) in [5.74, 6) is -2.56. The molecule has 0 amide bonds. The molecule has 0 bridgehead atoms. The number of esters is 3. The van der Waals surface area contributed by atoms with Gasteiger partial charge in [0.25, 0.3) is 0 Å². The van der Waals surface area contributed by atoms with Crippen molar-refractivity contribution in [2.45, 2.75) is 78.0 Å². The molecule has 1 atom stereocenters. The Labute approximate surface area is 264 Å². The number of rotatable bonds is 19. The Hall–Kier alpha value is -4.89. The second-order valence-electron chi connectivity index (χ2n) is 9.96. The molecule has 0 aliphatic carbocycles. The third kappa shape index (κ3) is 10.3. The maximum atomic E-state index is 13.1. The first-order valence-corrected chi connectivity index (χ1v) is 14.5. The molecule has 21 nitrogen and oxygen atoms in total. The number of hydrogen-bond donors (Lipinski definition) is 3. The minimum absolute atomic E-state index is 0.115. The largest absolute Gasteiger partial charge is 0.469 e. The van der Waals surface area contributed by atoms with Crippen molar-refractivity contribution in [2.75, 3.05) is 33.5 Å². The molecule has 2 aromatic rings. The molecular weight excluding hydrogens is 636 g/mol. The van der Waals surface area contributed by atoms with Gasteiger partial charge in [-0.3, -0.25) is 14.4 Å². The molecule has 0 spiro atoms. The van der Waals surface area contributed by atoms with Gasteiger partial charge in [0.15, 0.2) is 0 Å². The van der Waals surface area contributed by atoms with Gasteiger partial charge in [0.1, 0.15) is 6.61 Å².